The quantitative estimate of drug-likeness (QED) is 0.633. The SMILES string of the molecule is CC(C)(C)C(N)C(=O)NC1(C(=O)O)CCOC1. The van der Waals surface area contributed by atoms with Gasteiger partial charge in [-0.05, 0) is 5.41 Å². The average molecular weight is 244 g/mol. The topological polar surface area (TPSA) is 102 Å². The molecule has 1 amide bonds. The molecule has 1 saturated heterocycles. The third-order valence-electron chi connectivity index (χ3n) is 3.01. The molecule has 2 unspecified atom stereocenters. The first-order valence-corrected chi connectivity index (χ1v) is 5.58. The first-order chi connectivity index (χ1) is 7.69. The van der Waals surface area contributed by atoms with Crippen LogP contribution in [0.25, 0.3) is 0 Å². The molecule has 0 aromatic carbocycles. The number of aliphatic carboxylic acids is 1. The summed E-state index contributed by atoms with van der Waals surface area (Å²) in [5.41, 5.74) is 4.05. The molecule has 0 radical (unpaired) electrons. The van der Waals surface area contributed by atoms with Crippen LogP contribution in [0.3, 0.4) is 0 Å². The highest BCUT2D eigenvalue weighted by molar-refractivity contribution is 5.90. The maximum absolute atomic E-state index is 11.9. The Bertz CT molecular complexity index is 316. The molecule has 4 N–H and O–H groups in total. The number of amides is 1. The molecule has 0 aliphatic carbocycles. The summed E-state index contributed by atoms with van der Waals surface area (Å²) in [6, 6.07) is -0.751. The van der Waals surface area contributed by atoms with E-state index in [0.717, 1.165) is 0 Å². The number of hydrogen-bond acceptors (Lipinski definition) is 4. The van der Waals surface area contributed by atoms with Crippen molar-refractivity contribution in [2.24, 2.45) is 11.1 Å². The molecule has 17 heavy (non-hydrogen) atoms. The fourth-order valence-corrected chi connectivity index (χ4v) is 1.59. The largest absolute Gasteiger partial charge is 0.479 e. The van der Waals surface area contributed by atoms with Crippen molar-refractivity contribution >= 4 is 11.9 Å². The third-order valence-corrected chi connectivity index (χ3v) is 3.01. The minimum atomic E-state index is -1.32. The van der Waals surface area contributed by atoms with Gasteiger partial charge in [-0.2, -0.15) is 0 Å². The number of carbonyl (C=O) groups is 2. The summed E-state index contributed by atoms with van der Waals surface area (Å²) in [4.78, 5) is 23.1. The Morgan fingerprint density at radius 1 is 1.47 bits per heavy atom. The zero-order chi connectivity index (χ0) is 13.3. The second-order valence-corrected chi connectivity index (χ2v) is 5.52. The predicted octanol–water partition coefficient (Wildman–Crippen LogP) is -0.280. The normalized spacial score (nSPS) is 26.6. The van der Waals surface area contributed by atoms with Gasteiger partial charge in [0.1, 0.15) is 0 Å². The fraction of sp³-hybridized carbons (Fsp3) is 0.818. The molecule has 1 aliphatic heterocycles. The Hall–Kier alpha value is -1.14. The molecule has 0 aromatic rings. The maximum atomic E-state index is 11.9. The van der Waals surface area contributed by atoms with Gasteiger partial charge in [0.15, 0.2) is 5.54 Å². The summed E-state index contributed by atoms with van der Waals surface area (Å²) in [7, 11) is 0. The number of ether oxygens (including phenoxy) is 1. The van der Waals surface area contributed by atoms with Crippen LogP contribution in [0.5, 0.6) is 0 Å². The van der Waals surface area contributed by atoms with Gasteiger partial charge < -0.3 is 20.9 Å². The zero-order valence-corrected chi connectivity index (χ0v) is 10.4. The van der Waals surface area contributed by atoms with Crippen molar-refractivity contribution in [1.82, 2.24) is 5.32 Å². The smallest absolute Gasteiger partial charge is 0.331 e. The van der Waals surface area contributed by atoms with E-state index in [-0.39, 0.29) is 13.0 Å². The molecule has 1 heterocycles. The van der Waals surface area contributed by atoms with E-state index in [1.165, 1.54) is 0 Å². The summed E-state index contributed by atoms with van der Waals surface area (Å²) in [5, 5.41) is 11.7. The van der Waals surface area contributed by atoms with Crippen LogP contribution < -0.4 is 11.1 Å². The van der Waals surface area contributed by atoms with Crippen LogP contribution in [0.1, 0.15) is 27.2 Å². The fourth-order valence-electron chi connectivity index (χ4n) is 1.59. The molecular formula is C11H20N2O4. The van der Waals surface area contributed by atoms with Crippen LogP contribution in [0.4, 0.5) is 0 Å². The van der Waals surface area contributed by atoms with Gasteiger partial charge in [-0.1, -0.05) is 20.8 Å². The summed E-state index contributed by atoms with van der Waals surface area (Å²) >= 11 is 0. The van der Waals surface area contributed by atoms with Gasteiger partial charge in [-0.3, -0.25) is 4.79 Å². The molecular weight excluding hydrogens is 224 g/mol. The van der Waals surface area contributed by atoms with Crippen molar-refractivity contribution in [3.05, 3.63) is 0 Å². The monoisotopic (exact) mass is 244 g/mol. The van der Waals surface area contributed by atoms with Gasteiger partial charge in [0, 0.05) is 13.0 Å². The van der Waals surface area contributed by atoms with E-state index in [4.69, 9.17) is 15.6 Å². The summed E-state index contributed by atoms with van der Waals surface area (Å²) < 4.78 is 5.05. The molecule has 98 valence electrons. The Morgan fingerprint density at radius 2 is 2.06 bits per heavy atom. The Balaban J connectivity index is 2.76. The van der Waals surface area contributed by atoms with Crippen LogP contribution in [0, 0.1) is 5.41 Å². The lowest BCUT2D eigenvalue weighted by atomic mass is 9.86. The number of carboxylic acids is 1. The van der Waals surface area contributed by atoms with Crippen molar-refractivity contribution in [1.29, 1.82) is 0 Å². The van der Waals surface area contributed by atoms with Gasteiger partial charge in [0.05, 0.1) is 12.6 Å². The predicted molar refractivity (Wildman–Crippen MR) is 61.4 cm³/mol. The molecule has 6 nitrogen and oxygen atoms in total. The van der Waals surface area contributed by atoms with E-state index >= 15 is 0 Å². The Morgan fingerprint density at radius 3 is 2.41 bits per heavy atom. The molecule has 1 rings (SSSR count). The van der Waals surface area contributed by atoms with Gasteiger partial charge >= 0.3 is 5.97 Å². The maximum Gasteiger partial charge on any atom is 0.331 e. The first kappa shape index (κ1) is 13.9. The van der Waals surface area contributed by atoms with Gasteiger partial charge in [0.25, 0.3) is 0 Å². The van der Waals surface area contributed by atoms with E-state index < -0.39 is 28.9 Å². The van der Waals surface area contributed by atoms with E-state index in [9.17, 15) is 9.59 Å². The van der Waals surface area contributed by atoms with Crippen LogP contribution in [-0.2, 0) is 14.3 Å². The van der Waals surface area contributed by atoms with Crippen LogP contribution in [0.2, 0.25) is 0 Å². The number of rotatable bonds is 3. The molecule has 0 saturated carbocycles. The van der Waals surface area contributed by atoms with Gasteiger partial charge in [0.2, 0.25) is 5.91 Å². The second-order valence-electron chi connectivity index (χ2n) is 5.52. The third kappa shape index (κ3) is 2.95. The summed E-state index contributed by atoms with van der Waals surface area (Å²) in [6.45, 7) is 5.81. The lowest BCUT2D eigenvalue weighted by molar-refractivity contribution is -0.148. The Kier molecular flexibility index (Phi) is 3.78. The van der Waals surface area contributed by atoms with Crippen molar-refractivity contribution in [3.8, 4) is 0 Å². The minimum absolute atomic E-state index is 0.00899. The van der Waals surface area contributed by atoms with E-state index in [1.807, 2.05) is 20.8 Å². The van der Waals surface area contributed by atoms with Gasteiger partial charge in [-0.25, -0.2) is 4.79 Å². The molecule has 1 fully saturated rings. The van der Waals surface area contributed by atoms with E-state index in [0.29, 0.717) is 6.61 Å². The van der Waals surface area contributed by atoms with Crippen LogP contribution in [-0.4, -0.2) is 41.8 Å². The van der Waals surface area contributed by atoms with Crippen molar-refractivity contribution < 1.29 is 19.4 Å². The number of hydrogen-bond donors (Lipinski definition) is 3. The highest BCUT2D eigenvalue weighted by Gasteiger charge is 2.45. The molecule has 2 atom stereocenters. The number of carboxylic acid groups (broad SMARTS) is 1. The minimum Gasteiger partial charge on any atom is -0.479 e. The highest BCUT2D eigenvalue weighted by Crippen LogP contribution is 2.22. The lowest BCUT2D eigenvalue weighted by Crippen LogP contribution is -2.60. The number of nitrogens with one attached hydrogen (secondary N) is 1. The highest BCUT2D eigenvalue weighted by atomic mass is 16.5. The van der Waals surface area contributed by atoms with Crippen molar-refractivity contribution in [2.45, 2.75) is 38.8 Å². The molecule has 0 bridgehead atoms. The standard InChI is InChI=1S/C11H20N2O4/c1-10(2,3)7(12)8(14)13-11(9(15)16)4-5-17-6-11/h7H,4-6,12H2,1-3H3,(H,13,14)(H,15,16). The summed E-state index contributed by atoms with van der Waals surface area (Å²) in [6.07, 6.45) is 0.269. The van der Waals surface area contributed by atoms with Crippen LogP contribution in [0.15, 0.2) is 0 Å². The summed E-state index contributed by atoms with van der Waals surface area (Å²) in [5.74, 6) is -1.53. The number of nitrogens with two attached hydrogens (primary N) is 1. The molecule has 0 spiro atoms. The van der Waals surface area contributed by atoms with Gasteiger partial charge in [-0.15, -0.1) is 0 Å². The second kappa shape index (κ2) is 4.62. The lowest BCUT2D eigenvalue weighted by Gasteiger charge is -2.30. The van der Waals surface area contributed by atoms with E-state index in [2.05, 4.69) is 5.32 Å². The van der Waals surface area contributed by atoms with Crippen molar-refractivity contribution in [2.75, 3.05) is 13.2 Å². The first-order valence-electron chi connectivity index (χ1n) is 5.58. The average Bonchev–Trinajstić information content (AvgIpc) is 2.64. The van der Waals surface area contributed by atoms with Crippen LogP contribution >= 0.6 is 0 Å². The Labute approximate surface area is 101 Å². The molecule has 0 aromatic heterocycles. The van der Waals surface area contributed by atoms with Crippen molar-refractivity contribution in [3.63, 3.8) is 0 Å². The molecule has 6 heteroatoms. The number of carbonyl (C=O) groups excluding carboxylic acids is 1. The van der Waals surface area contributed by atoms with E-state index in [1.54, 1.807) is 0 Å². The zero-order valence-electron chi connectivity index (χ0n) is 10.4. The molecule has 1 aliphatic rings.